The molecular formula is C28H28N2. The van der Waals surface area contributed by atoms with Gasteiger partial charge in [0.15, 0.2) is 0 Å². The van der Waals surface area contributed by atoms with E-state index in [0.29, 0.717) is 0 Å². The summed E-state index contributed by atoms with van der Waals surface area (Å²) in [5.41, 5.74) is 4.16. The highest BCUT2D eigenvalue weighted by Gasteiger charge is 2.38. The van der Waals surface area contributed by atoms with Crippen molar-refractivity contribution >= 4 is 6.08 Å². The first-order valence-electron chi connectivity index (χ1n) is 10.4. The molecule has 4 aromatic rings. The van der Waals surface area contributed by atoms with E-state index >= 15 is 0 Å². The molecule has 4 rings (SSSR count). The SMILES string of the molecule is CC(C)(C)/C=C/c1cn(C(c2ccccc2)(c2ccccc2)c2ccccc2)cn1. The zero-order valence-corrected chi connectivity index (χ0v) is 17.9. The second kappa shape index (κ2) is 8.16. The molecule has 2 heteroatoms. The van der Waals surface area contributed by atoms with Gasteiger partial charge in [-0.2, -0.15) is 0 Å². The summed E-state index contributed by atoms with van der Waals surface area (Å²) in [7, 11) is 0. The van der Waals surface area contributed by atoms with Crippen molar-refractivity contribution in [3.63, 3.8) is 0 Å². The van der Waals surface area contributed by atoms with Crippen LogP contribution in [-0.4, -0.2) is 9.55 Å². The van der Waals surface area contributed by atoms with Gasteiger partial charge in [-0.25, -0.2) is 4.98 Å². The lowest BCUT2D eigenvalue weighted by atomic mass is 9.77. The fourth-order valence-electron chi connectivity index (χ4n) is 3.93. The third-order valence-corrected chi connectivity index (χ3v) is 5.32. The number of rotatable bonds is 5. The predicted molar refractivity (Wildman–Crippen MR) is 125 cm³/mol. The van der Waals surface area contributed by atoms with Crippen molar-refractivity contribution in [2.45, 2.75) is 26.3 Å². The van der Waals surface area contributed by atoms with Gasteiger partial charge in [-0.15, -0.1) is 0 Å². The highest BCUT2D eigenvalue weighted by Crippen LogP contribution is 2.40. The standard InChI is InChI=1S/C28H28N2/c1-27(2,3)20-19-26-21-30(22-29-26)28(23-13-7-4-8-14-23,24-15-9-5-10-16-24)25-17-11-6-12-18-25/h4-22H,1-3H3/b20-19+. The summed E-state index contributed by atoms with van der Waals surface area (Å²) in [6.07, 6.45) is 8.42. The van der Waals surface area contributed by atoms with Gasteiger partial charge in [0.1, 0.15) is 5.54 Å². The third-order valence-electron chi connectivity index (χ3n) is 5.32. The van der Waals surface area contributed by atoms with Crippen molar-refractivity contribution < 1.29 is 0 Å². The first kappa shape index (κ1) is 19.9. The molecule has 2 nitrogen and oxygen atoms in total. The van der Waals surface area contributed by atoms with Crippen LogP contribution in [0, 0.1) is 5.41 Å². The van der Waals surface area contributed by atoms with Crippen molar-refractivity contribution in [2.75, 3.05) is 0 Å². The number of benzene rings is 3. The van der Waals surface area contributed by atoms with Crippen LogP contribution in [-0.2, 0) is 5.54 Å². The summed E-state index contributed by atoms with van der Waals surface area (Å²) in [6, 6.07) is 32.0. The zero-order chi connectivity index (χ0) is 21.0. The first-order valence-corrected chi connectivity index (χ1v) is 10.4. The van der Waals surface area contributed by atoms with Gasteiger partial charge < -0.3 is 4.57 Å². The number of hydrogen-bond donors (Lipinski definition) is 0. The van der Waals surface area contributed by atoms with Gasteiger partial charge in [0, 0.05) is 6.20 Å². The van der Waals surface area contributed by atoms with E-state index in [-0.39, 0.29) is 5.41 Å². The van der Waals surface area contributed by atoms with E-state index in [9.17, 15) is 0 Å². The summed E-state index contributed by atoms with van der Waals surface area (Å²) in [6.45, 7) is 6.59. The van der Waals surface area contributed by atoms with Gasteiger partial charge in [0.2, 0.25) is 0 Å². The van der Waals surface area contributed by atoms with E-state index in [0.717, 1.165) is 5.69 Å². The number of nitrogens with zero attached hydrogens (tertiary/aromatic N) is 2. The van der Waals surface area contributed by atoms with E-state index in [2.05, 4.69) is 135 Å². The lowest BCUT2D eigenvalue weighted by Gasteiger charge is -2.37. The maximum Gasteiger partial charge on any atom is 0.121 e. The quantitative estimate of drug-likeness (QED) is 0.342. The molecule has 0 amide bonds. The molecule has 0 aliphatic rings. The van der Waals surface area contributed by atoms with Crippen molar-refractivity contribution in [3.8, 4) is 0 Å². The van der Waals surface area contributed by atoms with E-state index in [1.807, 2.05) is 6.33 Å². The fourth-order valence-corrected chi connectivity index (χ4v) is 3.93. The van der Waals surface area contributed by atoms with Crippen LogP contribution in [0.1, 0.15) is 43.2 Å². The lowest BCUT2D eigenvalue weighted by molar-refractivity contribution is 0.514. The molecular weight excluding hydrogens is 364 g/mol. The number of aromatic nitrogens is 2. The molecule has 0 saturated heterocycles. The van der Waals surface area contributed by atoms with Crippen LogP contribution in [0.5, 0.6) is 0 Å². The van der Waals surface area contributed by atoms with E-state index in [4.69, 9.17) is 4.98 Å². The Morgan fingerprint density at radius 1 is 0.667 bits per heavy atom. The smallest absolute Gasteiger partial charge is 0.121 e. The third kappa shape index (κ3) is 3.86. The number of imidazole rings is 1. The summed E-state index contributed by atoms with van der Waals surface area (Å²) in [5, 5.41) is 0. The molecule has 150 valence electrons. The Morgan fingerprint density at radius 2 is 1.10 bits per heavy atom. The largest absolute Gasteiger partial charge is 0.318 e. The van der Waals surface area contributed by atoms with Crippen molar-refractivity contribution in [1.82, 2.24) is 9.55 Å². The highest BCUT2D eigenvalue weighted by atomic mass is 15.1. The van der Waals surface area contributed by atoms with Crippen LogP contribution >= 0.6 is 0 Å². The van der Waals surface area contributed by atoms with Crippen LogP contribution < -0.4 is 0 Å². The molecule has 0 N–H and O–H groups in total. The number of allylic oxidation sites excluding steroid dienone is 1. The Balaban J connectivity index is 1.99. The van der Waals surface area contributed by atoms with E-state index in [1.54, 1.807) is 0 Å². The highest BCUT2D eigenvalue weighted by molar-refractivity contribution is 5.52. The van der Waals surface area contributed by atoms with Crippen LogP contribution in [0.4, 0.5) is 0 Å². The summed E-state index contributed by atoms with van der Waals surface area (Å²) >= 11 is 0. The van der Waals surface area contributed by atoms with Gasteiger partial charge in [-0.1, -0.05) is 118 Å². The van der Waals surface area contributed by atoms with Crippen molar-refractivity contribution in [1.29, 1.82) is 0 Å². The topological polar surface area (TPSA) is 17.8 Å². The van der Waals surface area contributed by atoms with E-state index in [1.165, 1.54) is 16.7 Å². The molecule has 30 heavy (non-hydrogen) atoms. The van der Waals surface area contributed by atoms with Crippen LogP contribution in [0.2, 0.25) is 0 Å². The molecule has 1 heterocycles. The number of hydrogen-bond acceptors (Lipinski definition) is 1. The maximum atomic E-state index is 4.74. The average molecular weight is 393 g/mol. The minimum absolute atomic E-state index is 0.110. The lowest BCUT2D eigenvalue weighted by Crippen LogP contribution is -2.36. The zero-order valence-electron chi connectivity index (χ0n) is 17.9. The van der Waals surface area contributed by atoms with Crippen molar-refractivity contribution in [3.05, 3.63) is 132 Å². The molecule has 0 spiro atoms. The Bertz CT molecular complexity index is 1000. The van der Waals surface area contributed by atoms with Gasteiger partial charge in [-0.3, -0.25) is 0 Å². The second-order valence-corrected chi connectivity index (χ2v) is 8.71. The maximum absolute atomic E-state index is 4.74. The Hall–Kier alpha value is -3.39. The van der Waals surface area contributed by atoms with Crippen LogP contribution in [0.15, 0.2) is 110 Å². The fraction of sp³-hybridized carbons (Fsp3) is 0.179. The normalized spacial score (nSPS) is 12.4. The molecule has 0 fully saturated rings. The molecule has 3 aromatic carbocycles. The minimum Gasteiger partial charge on any atom is -0.318 e. The van der Waals surface area contributed by atoms with E-state index < -0.39 is 5.54 Å². The molecule has 0 aliphatic carbocycles. The summed E-state index contributed by atoms with van der Waals surface area (Å²) in [5.74, 6) is 0. The monoisotopic (exact) mass is 392 g/mol. The van der Waals surface area contributed by atoms with Gasteiger partial charge in [0.25, 0.3) is 0 Å². The van der Waals surface area contributed by atoms with Gasteiger partial charge >= 0.3 is 0 Å². The Kier molecular flexibility index (Phi) is 5.41. The van der Waals surface area contributed by atoms with Gasteiger partial charge in [0.05, 0.1) is 12.0 Å². The summed E-state index contributed by atoms with van der Waals surface area (Å²) in [4.78, 5) is 4.74. The molecule has 0 unspecified atom stereocenters. The predicted octanol–water partition coefficient (Wildman–Crippen LogP) is 6.78. The minimum atomic E-state index is -0.509. The molecule has 0 radical (unpaired) electrons. The molecule has 1 aromatic heterocycles. The summed E-state index contributed by atoms with van der Waals surface area (Å²) < 4.78 is 2.25. The Labute approximate surface area is 179 Å². The Morgan fingerprint density at radius 3 is 1.50 bits per heavy atom. The molecule has 0 aliphatic heterocycles. The molecule has 0 bridgehead atoms. The molecule has 0 saturated carbocycles. The average Bonchev–Trinajstić information content (AvgIpc) is 3.24. The van der Waals surface area contributed by atoms with Gasteiger partial charge in [-0.05, 0) is 28.2 Å². The first-order chi connectivity index (χ1) is 14.5. The second-order valence-electron chi connectivity index (χ2n) is 8.71. The van der Waals surface area contributed by atoms with Crippen molar-refractivity contribution in [2.24, 2.45) is 5.41 Å². The van der Waals surface area contributed by atoms with Crippen LogP contribution in [0.25, 0.3) is 6.08 Å². The van der Waals surface area contributed by atoms with Crippen LogP contribution in [0.3, 0.4) is 0 Å². The molecule has 0 atom stereocenters.